The Morgan fingerprint density at radius 2 is 2.33 bits per heavy atom. The third-order valence-electron chi connectivity index (χ3n) is 3.87. The first-order chi connectivity index (χ1) is 11.6. The Morgan fingerprint density at radius 3 is 2.96 bits per heavy atom. The standard InChI is InChI=1S/C14H17N5O4S/c1-23-9-7-19(14-17-6-10(24-14)13(21)22)5-2-8(9)18-12(20)11-15-3-4-16-11/h3-4,6,8-9H,2,5,7H2,1H3,(H,15,16)(H,18,20)(H,21,22)/t8-,9+/m0/s1. The highest BCUT2D eigenvalue weighted by Gasteiger charge is 2.32. The van der Waals surface area contributed by atoms with Gasteiger partial charge in [0, 0.05) is 32.6 Å². The molecule has 128 valence electrons. The molecule has 10 heteroatoms. The topological polar surface area (TPSA) is 120 Å². The van der Waals surface area contributed by atoms with Crippen LogP contribution in [-0.2, 0) is 4.74 Å². The third-order valence-corrected chi connectivity index (χ3v) is 4.91. The minimum absolute atomic E-state index is 0.150. The van der Waals surface area contributed by atoms with Gasteiger partial charge in [-0.05, 0) is 6.42 Å². The van der Waals surface area contributed by atoms with E-state index in [0.717, 1.165) is 11.3 Å². The molecule has 0 aromatic carbocycles. The highest BCUT2D eigenvalue weighted by atomic mass is 32.1. The molecule has 3 heterocycles. The van der Waals surface area contributed by atoms with E-state index in [4.69, 9.17) is 9.84 Å². The highest BCUT2D eigenvalue weighted by Crippen LogP contribution is 2.26. The van der Waals surface area contributed by atoms with Crippen LogP contribution in [0.1, 0.15) is 26.7 Å². The van der Waals surface area contributed by atoms with Gasteiger partial charge in [-0.25, -0.2) is 14.8 Å². The first kappa shape index (κ1) is 16.4. The zero-order valence-electron chi connectivity index (χ0n) is 12.9. The smallest absolute Gasteiger partial charge is 0.347 e. The van der Waals surface area contributed by atoms with Crippen LogP contribution in [0.25, 0.3) is 0 Å². The lowest BCUT2D eigenvalue weighted by Gasteiger charge is -2.37. The number of piperidine rings is 1. The minimum atomic E-state index is -0.984. The van der Waals surface area contributed by atoms with Gasteiger partial charge >= 0.3 is 5.97 Å². The summed E-state index contributed by atoms with van der Waals surface area (Å²) < 4.78 is 5.50. The number of thiazole rings is 1. The summed E-state index contributed by atoms with van der Waals surface area (Å²) in [4.78, 5) is 36.1. The van der Waals surface area contributed by atoms with E-state index in [1.165, 1.54) is 12.4 Å². The van der Waals surface area contributed by atoms with Gasteiger partial charge in [-0.1, -0.05) is 11.3 Å². The molecule has 1 aliphatic rings. The number of carbonyl (C=O) groups excluding carboxylic acids is 1. The maximum absolute atomic E-state index is 12.1. The van der Waals surface area contributed by atoms with Crippen LogP contribution in [0.15, 0.2) is 18.6 Å². The van der Waals surface area contributed by atoms with Crippen LogP contribution in [0.5, 0.6) is 0 Å². The average molecular weight is 351 g/mol. The molecule has 0 bridgehead atoms. The highest BCUT2D eigenvalue weighted by molar-refractivity contribution is 7.17. The molecule has 24 heavy (non-hydrogen) atoms. The van der Waals surface area contributed by atoms with Crippen LogP contribution in [-0.4, -0.2) is 64.3 Å². The zero-order chi connectivity index (χ0) is 17.1. The largest absolute Gasteiger partial charge is 0.477 e. The van der Waals surface area contributed by atoms with Crippen LogP contribution in [0.4, 0.5) is 5.13 Å². The van der Waals surface area contributed by atoms with Gasteiger partial charge in [-0.15, -0.1) is 0 Å². The van der Waals surface area contributed by atoms with E-state index in [0.29, 0.717) is 24.6 Å². The quantitative estimate of drug-likeness (QED) is 0.721. The van der Waals surface area contributed by atoms with Crippen molar-refractivity contribution in [3.8, 4) is 0 Å². The van der Waals surface area contributed by atoms with Crippen LogP contribution >= 0.6 is 11.3 Å². The Morgan fingerprint density at radius 1 is 1.50 bits per heavy atom. The van der Waals surface area contributed by atoms with Gasteiger partial charge in [0.1, 0.15) is 4.88 Å². The van der Waals surface area contributed by atoms with Crippen LogP contribution < -0.4 is 10.2 Å². The molecule has 3 rings (SSSR count). The Balaban J connectivity index is 1.65. The lowest BCUT2D eigenvalue weighted by Crippen LogP contribution is -2.55. The fourth-order valence-electron chi connectivity index (χ4n) is 2.63. The molecule has 2 atom stereocenters. The number of amides is 1. The van der Waals surface area contributed by atoms with E-state index < -0.39 is 5.97 Å². The van der Waals surface area contributed by atoms with E-state index in [2.05, 4.69) is 20.3 Å². The van der Waals surface area contributed by atoms with Crippen molar-refractivity contribution in [3.05, 3.63) is 29.3 Å². The minimum Gasteiger partial charge on any atom is -0.477 e. The normalized spacial score (nSPS) is 20.8. The molecule has 2 aromatic rings. The van der Waals surface area contributed by atoms with Gasteiger partial charge in [-0.2, -0.15) is 0 Å². The number of aromatic carboxylic acids is 1. The number of carboxylic acids is 1. The molecular formula is C14H17N5O4S. The maximum Gasteiger partial charge on any atom is 0.347 e. The number of aromatic nitrogens is 3. The summed E-state index contributed by atoms with van der Waals surface area (Å²) in [5.41, 5.74) is 0. The second-order valence-corrected chi connectivity index (χ2v) is 6.35. The number of carbonyl (C=O) groups is 2. The monoisotopic (exact) mass is 351 g/mol. The van der Waals surface area contributed by atoms with Crippen molar-refractivity contribution in [2.24, 2.45) is 0 Å². The Hall–Kier alpha value is -2.46. The molecule has 9 nitrogen and oxygen atoms in total. The van der Waals surface area contributed by atoms with Gasteiger partial charge < -0.3 is 25.0 Å². The number of hydrogen-bond acceptors (Lipinski definition) is 7. The predicted octanol–water partition coefficient (Wildman–Crippen LogP) is 0.588. The maximum atomic E-state index is 12.1. The summed E-state index contributed by atoms with van der Waals surface area (Å²) in [6, 6.07) is -0.150. The van der Waals surface area contributed by atoms with E-state index in [9.17, 15) is 9.59 Å². The summed E-state index contributed by atoms with van der Waals surface area (Å²) in [5, 5.41) is 12.6. The number of methoxy groups -OCH3 is 1. The first-order valence-electron chi connectivity index (χ1n) is 7.35. The Labute approximate surface area is 141 Å². The van der Waals surface area contributed by atoms with E-state index >= 15 is 0 Å². The molecule has 0 radical (unpaired) electrons. The lowest BCUT2D eigenvalue weighted by atomic mass is 10.0. The number of ether oxygens (including phenoxy) is 1. The Kier molecular flexibility index (Phi) is 4.76. The van der Waals surface area contributed by atoms with Crippen molar-refractivity contribution in [3.63, 3.8) is 0 Å². The van der Waals surface area contributed by atoms with Crippen molar-refractivity contribution in [1.29, 1.82) is 0 Å². The van der Waals surface area contributed by atoms with Gasteiger partial charge in [0.2, 0.25) is 0 Å². The number of nitrogens with zero attached hydrogens (tertiary/aromatic N) is 3. The van der Waals surface area contributed by atoms with E-state index in [1.807, 2.05) is 4.90 Å². The van der Waals surface area contributed by atoms with Crippen LogP contribution in [0, 0.1) is 0 Å². The fourth-order valence-corrected chi connectivity index (χ4v) is 3.42. The molecule has 1 saturated heterocycles. The average Bonchev–Trinajstić information content (AvgIpc) is 3.26. The molecule has 1 aliphatic heterocycles. The van der Waals surface area contributed by atoms with Crippen LogP contribution in [0.2, 0.25) is 0 Å². The van der Waals surface area contributed by atoms with Crippen molar-refractivity contribution < 1.29 is 19.4 Å². The fraction of sp³-hybridized carbons (Fsp3) is 0.429. The molecule has 0 saturated carbocycles. The number of imidazole rings is 1. The second-order valence-electron chi connectivity index (χ2n) is 5.34. The van der Waals surface area contributed by atoms with E-state index in [1.54, 1.807) is 13.3 Å². The van der Waals surface area contributed by atoms with E-state index in [-0.39, 0.29) is 28.8 Å². The number of aromatic amines is 1. The summed E-state index contributed by atoms with van der Waals surface area (Å²) in [5.74, 6) is -0.996. The zero-order valence-corrected chi connectivity index (χ0v) is 13.7. The second kappa shape index (κ2) is 6.97. The lowest BCUT2D eigenvalue weighted by molar-refractivity contribution is 0.0538. The van der Waals surface area contributed by atoms with Crippen molar-refractivity contribution in [2.45, 2.75) is 18.6 Å². The number of carboxylic acid groups (broad SMARTS) is 1. The summed E-state index contributed by atoms with van der Waals surface area (Å²) in [6.07, 6.45) is 4.90. The molecule has 1 amide bonds. The van der Waals surface area contributed by atoms with Gasteiger partial charge in [0.25, 0.3) is 5.91 Å². The van der Waals surface area contributed by atoms with Gasteiger partial charge in [0.05, 0.1) is 18.3 Å². The molecule has 0 aliphatic carbocycles. The van der Waals surface area contributed by atoms with Gasteiger partial charge in [-0.3, -0.25) is 4.79 Å². The van der Waals surface area contributed by atoms with Crippen molar-refractivity contribution >= 4 is 28.3 Å². The number of H-pyrrole nitrogens is 1. The number of nitrogens with one attached hydrogen (secondary N) is 2. The number of hydrogen-bond donors (Lipinski definition) is 3. The van der Waals surface area contributed by atoms with Crippen molar-refractivity contribution in [1.82, 2.24) is 20.3 Å². The molecule has 0 unspecified atom stereocenters. The third kappa shape index (κ3) is 3.39. The van der Waals surface area contributed by atoms with Crippen molar-refractivity contribution in [2.75, 3.05) is 25.1 Å². The SMILES string of the molecule is CO[C@@H]1CN(c2ncc(C(=O)O)s2)CC[C@@H]1NC(=O)c1ncc[nH]1. The number of anilines is 1. The van der Waals surface area contributed by atoms with Gasteiger partial charge in [0.15, 0.2) is 11.0 Å². The number of rotatable bonds is 5. The molecule has 2 aromatic heterocycles. The van der Waals surface area contributed by atoms with Crippen LogP contribution in [0.3, 0.4) is 0 Å². The first-order valence-corrected chi connectivity index (χ1v) is 8.17. The summed E-state index contributed by atoms with van der Waals surface area (Å²) >= 11 is 1.13. The molecular weight excluding hydrogens is 334 g/mol. The Bertz CT molecular complexity index is 717. The molecule has 3 N–H and O–H groups in total. The summed E-state index contributed by atoms with van der Waals surface area (Å²) in [7, 11) is 1.59. The summed E-state index contributed by atoms with van der Waals surface area (Å²) in [6.45, 7) is 1.17. The molecule has 0 spiro atoms. The predicted molar refractivity (Wildman–Crippen MR) is 86.5 cm³/mol. The molecule has 1 fully saturated rings.